The first-order chi connectivity index (χ1) is 14.4. The average molecular weight is 461 g/mol. The molecule has 3 rings (SSSR count). The third-order valence-corrected chi connectivity index (χ3v) is 6.65. The van der Waals surface area contributed by atoms with E-state index in [9.17, 15) is 13.2 Å². The van der Waals surface area contributed by atoms with Gasteiger partial charge >= 0.3 is 0 Å². The van der Waals surface area contributed by atoms with Crippen LogP contribution in [0.25, 0.3) is 0 Å². The van der Waals surface area contributed by atoms with Gasteiger partial charge in [-0.2, -0.15) is 5.10 Å². The van der Waals surface area contributed by atoms with Crippen molar-refractivity contribution in [2.45, 2.75) is 38.1 Å². The van der Waals surface area contributed by atoms with Crippen LogP contribution in [0.5, 0.6) is 0 Å². The number of carbonyl (C=O) groups is 1. The zero-order valence-electron chi connectivity index (χ0n) is 18.0. The van der Waals surface area contributed by atoms with Gasteiger partial charge in [0, 0.05) is 23.7 Å². The fourth-order valence-electron chi connectivity index (χ4n) is 3.06. The van der Waals surface area contributed by atoms with E-state index in [0.29, 0.717) is 16.5 Å². The van der Waals surface area contributed by atoms with Crippen molar-refractivity contribution in [3.63, 3.8) is 0 Å². The van der Waals surface area contributed by atoms with E-state index in [1.165, 1.54) is 19.2 Å². The Bertz CT molecular complexity index is 1230. The van der Waals surface area contributed by atoms with Gasteiger partial charge in [0.2, 0.25) is 0 Å². The molecule has 0 radical (unpaired) electrons. The molecule has 0 aliphatic carbocycles. The highest BCUT2D eigenvalue weighted by molar-refractivity contribution is 7.92. The lowest BCUT2D eigenvalue weighted by Crippen LogP contribution is -2.28. The van der Waals surface area contributed by atoms with Gasteiger partial charge in [-0.25, -0.2) is 13.1 Å². The van der Waals surface area contributed by atoms with Gasteiger partial charge < -0.3 is 5.32 Å². The normalized spacial score (nSPS) is 11.9. The molecule has 1 amide bonds. The van der Waals surface area contributed by atoms with Gasteiger partial charge in [0.1, 0.15) is 5.82 Å². The minimum atomic E-state index is -3.89. The first-order valence-electron chi connectivity index (χ1n) is 9.62. The molecule has 0 fully saturated rings. The number of nitrogens with one attached hydrogen (secondary N) is 1. The molecule has 9 heteroatoms. The highest BCUT2D eigenvalue weighted by Gasteiger charge is 2.24. The van der Waals surface area contributed by atoms with Gasteiger partial charge in [0.25, 0.3) is 15.9 Å². The number of hydrogen-bond donors (Lipinski definition) is 1. The molecular formula is C22H25ClN4O3S. The Morgan fingerprint density at radius 3 is 2.42 bits per heavy atom. The van der Waals surface area contributed by atoms with Crippen LogP contribution in [0.2, 0.25) is 5.02 Å². The predicted octanol–water partition coefficient (Wildman–Crippen LogP) is 4.68. The summed E-state index contributed by atoms with van der Waals surface area (Å²) in [6, 6.07) is 14.2. The highest BCUT2D eigenvalue weighted by Crippen LogP contribution is 2.26. The Morgan fingerprint density at radius 2 is 1.77 bits per heavy atom. The molecular weight excluding hydrogens is 436 g/mol. The van der Waals surface area contributed by atoms with Gasteiger partial charge in [0.05, 0.1) is 21.8 Å². The van der Waals surface area contributed by atoms with Crippen LogP contribution in [0.1, 0.15) is 36.8 Å². The number of sulfonamides is 1. The Morgan fingerprint density at radius 1 is 1.10 bits per heavy atom. The maximum Gasteiger partial charge on any atom is 0.264 e. The van der Waals surface area contributed by atoms with Crippen LogP contribution in [0.15, 0.2) is 59.5 Å². The van der Waals surface area contributed by atoms with Crippen LogP contribution < -0.4 is 9.62 Å². The number of aryl methyl sites for hydroxylation is 1. The van der Waals surface area contributed by atoms with Crippen LogP contribution in [-0.2, 0) is 15.6 Å². The van der Waals surface area contributed by atoms with Crippen LogP contribution in [0.3, 0.4) is 0 Å². The number of amides is 1. The molecule has 31 heavy (non-hydrogen) atoms. The van der Waals surface area contributed by atoms with Crippen LogP contribution in [-0.4, -0.2) is 31.2 Å². The first kappa shape index (κ1) is 22.8. The fraction of sp³-hybridized carbons (Fsp3) is 0.273. The fourth-order valence-corrected chi connectivity index (χ4v) is 4.47. The molecule has 0 aliphatic heterocycles. The van der Waals surface area contributed by atoms with E-state index in [2.05, 4.69) is 10.4 Å². The van der Waals surface area contributed by atoms with Crippen molar-refractivity contribution in [2.24, 2.45) is 0 Å². The van der Waals surface area contributed by atoms with Gasteiger partial charge in [-0.15, -0.1) is 0 Å². The maximum atomic E-state index is 13.1. The van der Waals surface area contributed by atoms with Crippen molar-refractivity contribution in [3.8, 4) is 0 Å². The number of aromatic nitrogens is 2. The summed E-state index contributed by atoms with van der Waals surface area (Å²) in [5, 5.41) is 7.70. The number of nitrogens with zero attached hydrogens (tertiary/aromatic N) is 3. The molecule has 0 atom stereocenters. The maximum absolute atomic E-state index is 13.1. The smallest absolute Gasteiger partial charge is 0.264 e. The zero-order chi connectivity index (χ0) is 23.0. The Kier molecular flexibility index (Phi) is 6.16. The average Bonchev–Trinajstić information content (AvgIpc) is 3.08. The van der Waals surface area contributed by atoms with E-state index >= 15 is 0 Å². The minimum Gasteiger partial charge on any atom is -0.307 e. The zero-order valence-corrected chi connectivity index (χ0v) is 19.6. The van der Waals surface area contributed by atoms with E-state index in [1.54, 1.807) is 47.1 Å². The largest absolute Gasteiger partial charge is 0.307 e. The Labute approximate surface area is 187 Å². The SMILES string of the molecule is Cc1cc(NC(=O)c2cccc(S(=O)(=O)N(C)c3cccc(Cl)c3)c2)n(C(C)(C)C)n1. The summed E-state index contributed by atoms with van der Waals surface area (Å²) in [5.41, 5.74) is 1.08. The van der Waals surface area contributed by atoms with E-state index in [4.69, 9.17) is 11.6 Å². The number of rotatable bonds is 5. The highest BCUT2D eigenvalue weighted by atomic mass is 35.5. The van der Waals surface area contributed by atoms with Crippen molar-refractivity contribution in [3.05, 3.63) is 70.9 Å². The molecule has 1 aromatic heterocycles. The second-order valence-electron chi connectivity index (χ2n) is 8.19. The van der Waals surface area contributed by atoms with Crippen LogP contribution in [0, 0.1) is 6.92 Å². The third kappa shape index (κ3) is 4.91. The van der Waals surface area contributed by atoms with Gasteiger partial charge in [-0.05, 0) is 64.1 Å². The van der Waals surface area contributed by atoms with Crippen LogP contribution in [0.4, 0.5) is 11.5 Å². The summed E-state index contributed by atoms with van der Waals surface area (Å²) < 4.78 is 29.1. The van der Waals surface area contributed by atoms with Crippen molar-refractivity contribution in [2.75, 3.05) is 16.7 Å². The lowest BCUT2D eigenvalue weighted by atomic mass is 10.1. The van der Waals surface area contributed by atoms with E-state index < -0.39 is 15.9 Å². The van der Waals surface area contributed by atoms with Gasteiger partial charge in [-0.1, -0.05) is 23.7 Å². The summed E-state index contributed by atoms with van der Waals surface area (Å²) in [5.74, 6) is 0.118. The molecule has 2 aromatic carbocycles. The third-order valence-electron chi connectivity index (χ3n) is 4.63. The molecule has 0 bridgehead atoms. The van der Waals surface area contributed by atoms with Crippen LogP contribution >= 0.6 is 11.6 Å². The standard InChI is InChI=1S/C22H25ClN4O3S/c1-15-12-20(27(25-15)22(2,3)4)24-21(28)16-8-6-11-19(13-16)31(29,30)26(5)18-10-7-9-17(23)14-18/h6-14H,1-5H3,(H,24,28). The summed E-state index contributed by atoms with van der Waals surface area (Å²) in [6.07, 6.45) is 0. The molecule has 164 valence electrons. The number of anilines is 2. The second kappa shape index (κ2) is 8.36. The molecule has 1 heterocycles. The lowest BCUT2D eigenvalue weighted by molar-refractivity contribution is 0.102. The topological polar surface area (TPSA) is 84.3 Å². The van der Waals surface area contributed by atoms with Gasteiger partial charge in [-0.3, -0.25) is 9.10 Å². The predicted molar refractivity (Wildman–Crippen MR) is 123 cm³/mol. The monoisotopic (exact) mass is 460 g/mol. The Hall–Kier alpha value is -2.84. The molecule has 3 aromatic rings. The second-order valence-corrected chi connectivity index (χ2v) is 10.6. The summed E-state index contributed by atoms with van der Waals surface area (Å²) >= 11 is 5.99. The number of carbonyl (C=O) groups excluding carboxylic acids is 1. The van der Waals surface area contributed by atoms with Crippen molar-refractivity contribution < 1.29 is 13.2 Å². The molecule has 0 spiro atoms. The van der Waals surface area contributed by atoms with E-state index in [-0.39, 0.29) is 16.0 Å². The molecule has 0 unspecified atom stereocenters. The van der Waals surface area contributed by atoms with Crippen molar-refractivity contribution >= 4 is 39.0 Å². The van der Waals surface area contributed by atoms with E-state index in [1.807, 2.05) is 27.7 Å². The molecule has 0 saturated heterocycles. The summed E-state index contributed by atoms with van der Waals surface area (Å²) in [4.78, 5) is 12.9. The summed E-state index contributed by atoms with van der Waals surface area (Å²) in [7, 11) is -2.44. The molecule has 0 saturated carbocycles. The van der Waals surface area contributed by atoms with Crippen molar-refractivity contribution in [1.82, 2.24) is 9.78 Å². The number of benzene rings is 2. The van der Waals surface area contributed by atoms with E-state index in [0.717, 1.165) is 10.00 Å². The lowest BCUT2D eigenvalue weighted by Gasteiger charge is -2.22. The quantitative estimate of drug-likeness (QED) is 0.599. The Balaban J connectivity index is 1.90. The number of halogens is 1. The molecule has 1 N–H and O–H groups in total. The van der Waals surface area contributed by atoms with Gasteiger partial charge in [0.15, 0.2) is 0 Å². The minimum absolute atomic E-state index is 0.00290. The molecule has 7 nitrogen and oxygen atoms in total. The first-order valence-corrected chi connectivity index (χ1v) is 11.4. The molecule has 0 aliphatic rings. The van der Waals surface area contributed by atoms with Crippen molar-refractivity contribution in [1.29, 1.82) is 0 Å². The number of hydrogen-bond acceptors (Lipinski definition) is 4. The summed E-state index contributed by atoms with van der Waals surface area (Å²) in [6.45, 7) is 7.78.